The first-order valence-electron chi connectivity index (χ1n) is 10.3. The highest BCUT2D eigenvalue weighted by Crippen LogP contribution is 2.55. The number of hydrogen-bond acceptors (Lipinski definition) is 2. The number of hydrogen-bond donors (Lipinski definition) is 0. The molecule has 0 radical (unpaired) electrons. The lowest BCUT2D eigenvalue weighted by molar-refractivity contribution is -0.157. The molecule has 3 aliphatic rings. The third-order valence-electron chi connectivity index (χ3n) is 6.80. The minimum Gasteiger partial charge on any atom is -0.368 e. The van der Waals surface area contributed by atoms with Crippen molar-refractivity contribution in [1.29, 1.82) is 0 Å². The van der Waals surface area contributed by atoms with Crippen molar-refractivity contribution < 1.29 is 13.9 Å². The summed E-state index contributed by atoms with van der Waals surface area (Å²) < 4.78 is 20.9. The average Bonchev–Trinajstić information content (AvgIpc) is 3.29. The summed E-state index contributed by atoms with van der Waals surface area (Å²) in [5, 5.41) is 0. The van der Waals surface area contributed by atoms with Crippen LogP contribution >= 0.6 is 0 Å². The van der Waals surface area contributed by atoms with Crippen molar-refractivity contribution in [3.63, 3.8) is 0 Å². The Balaban J connectivity index is 1.43. The Bertz CT molecular complexity index is 917. The topological polar surface area (TPSA) is 29.5 Å². The summed E-state index contributed by atoms with van der Waals surface area (Å²) >= 11 is 0. The van der Waals surface area contributed by atoms with Crippen LogP contribution in [0.2, 0.25) is 0 Å². The van der Waals surface area contributed by atoms with E-state index in [9.17, 15) is 4.79 Å². The van der Waals surface area contributed by atoms with Gasteiger partial charge in [-0.15, -0.1) is 0 Å². The van der Waals surface area contributed by atoms with Gasteiger partial charge in [-0.25, -0.2) is 4.39 Å². The Kier molecular flexibility index (Phi) is 4.27. The lowest BCUT2D eigenvalue weighted by Crippen LogP contribution is -2.48. The molecular formula is C24H26FNO2. The van der Waals surface area contributed by atoms with Gasteiger partial charge in [-0.3, -0.25) is 4.79 Å². The van der Waals surface area contributed by atoms with Crippen LogP contribution in [0.4, 0.5) is 4.39 Å². The van der Waals surface area contributed by atoms with Crippen molar-refractivity contribution >= 4 is 5.91 Å². The summed E-state index contributed by atoms with van der Waals surface area (Å²) in [6, 6.07) is 13.6. The molecule has 3 fully saturated rings. The van der Waals surface area contributed by atoms with Crippen molar-refractivity contribution in [3.05, 3.63) is 59.4 Å². The molecule has 2 aromatic carbocycles. The first-order valence-corrected chi connectivity index (χ1v) is 10.3. The number of rotatable bonds is 4. The number of aryl methyl sites for hydroxylation is 1. The van der Waals surface area contributed by atoms with Crippen LogP contribution in [0, 0.1) is 18.2 Å². The van der Waals surface area contributed by atoms with Crippen molar-refractivity contribution in [2.75, 3.05) is 13.2 Å². The summed E-state index contributed by atoms with van der Waals surface area (Å²) in [5.41, 5.74) is 3.64. The van der Waals surface area contributed by atoms with Gasteiger partial charge in [0, 0.05) is 24.6 Å². The highest BCUT2D eigenvalue weighted by molar-refractivity contribution is 5.82. The molecule has 146 valence electrons. The first-order chi connectivity index (χ1) is 13.6. The smallest absolute Gasteiger partial charge is 0.252 e. The second kappa shape index (κ2) is 6.70. The van der Waals surface area contributed by atoms with E-state index in [0.717, 1.165) is 30.5 Å². The molecule has 5 rings (SSSR count). The highest BCUT2D eigenvalue weighted by atomic mass is 19.1. The SMILES string of the molecule is Cc1ccccc1-c1cccc(C[C@H]2CC3(CC3)CN2C(=O)C2CCO2)c1F. The first kappa shape index (κ1) is 17.9. The van der Waals surface area contributed by atoms with Crippen LogP contribution in [0.15, 0.2) is 42.5 Å². The van der Waals surface area contributed by atoms with Gasteiger partial charge in [0.2, 0.25) is 0 Å². The van der Waals surface area contributed by atoms with E-state index in [-0.39, 0.29) is 29.3 Å². The lowest BCUT2D eigenvalue weighted by atomic mass is 9.93. The predicted octanol–water partition coefficient (Wildman–Crippen LogP) is 4.51. The molecule has 1 amide bonds. The standard InChI is InChI=1S/C24H26FNO2/c1-16-5-2-3-7-19(16)20-8-4-6-17(22(20)25)13-18-14-24(10-11-24)15-26(18)23(27)21-9-12-28-21/h2-8,18,21H,9-15H2,1H3/t18-,21?/m0/s1. The number of carbonyl (C=O) groups is 1. The van der Waals surface area contributed by atoms with Gasteiger partial charge in [-0.05, 0) is 54.7 Å². The van der Waals surface area contributed by atoms with Crippen LogP contribution in [-0.4, -0.2) is 36.1 Å². The number of carbonyl (C=O) groups excluding carboxylic acids is 1. The summed E-state index contributed by atoms with van der Waals surface area (Å²) in [4.78, 5) is 14.9. The van der Waals surface area contributed by atoms with Gasteiger partial charge >= 0.3 is 0 Å². The summed E-state index contributed by atoms with van der Waals surface area (Å²) in [6.45, 7) is 3.50. The van der Waals surface area contributed by atoms with E-state index in [1.54, 1.807) is 0 Å². The zero-order chi connectivity index (χ0) is 19.3. The average molecular weight is 379 g/mol. The molecule has 1 unspecified atom stereocenters. The van der Waals surface area contributed by atoms with E-state index >= 15 is 4.39 Å². The fourth-order valence-corrected chi connectivity index (χ4v) is 4.83. The van der Waals surface area contributed by atoms with Crippen molar-refractivity contribution in [2.45, 2.75) is 51.2 Å². The fourth-order valence-electron chi connectivity index (χ4n) is 4.83. The molecule has 1 spiro atoms. The molecular weight excluding hydrogens is 353 g/mol. The van der Waals surface area contributed by atoms with Gasteiger partial charge < -0.3 is 9.64 Å². The maximum absolute atomic E-state index is 15.4. The van der Waals surface area contributed by atoms with Crippen molar-refractivity contribution in [3.8, 4) is 11.1 Å². The maximum atomic E-state index is 15.4. The zero-order valence-corrected chi connectivity index (χ0v) is 16.3. The largest absolute Gasteiger partial charge is 0.368 e. The molecule has 1 aliphatic carbocycles. The van der Waals surface area contributed by atoms with Crippen LogP contribution < -0.4 is 0 Å². The Labute approximate surface area is 165 Å². The molecule has 0 bridgehead atoms. The number of ether oxygens (including phenoxy) is 1. The van der Waals surface area contributed by atoms with Crippen molar-refractivity contribution in [2.24, 2.45) is 5.41 Å². The van der Waals surface area contributed by atoms with Gasteiger partial charge in [-0.1, -0.05) is 42.5 Å². The quantitative estimate of drug-likeness (QED) is 0.782. The van der Waals surface area contributed by atoms with E-state index in [2.05, 4.69) is 0 Å². The van der Waals surface area contributed by atoms with E-state index in [1.807, 2.05) is 54.3 Å². The van der Waals surface area contributed by atoms with E-state index < -0.39 is 0 Å². The summed E-state index contributed by atoms with van der Waals surface area (Å²) in [7, 11) is 0. The zero-order valence-electron chi connectivity index (χ0n) is 16.3. The number of amides is 1. The monoisotopic (exact) mass is 379 g/mol. The van der Waals surface area contributed by atoms with Crippen LogP contribution in [0.3, 0.4) is 0 Å². The number of nitrogens with zero attached hydrogens (tertiary/aromatic N) is 1. The number of benzene rings is 2. The van der Waals surface area contributed by atoms with Gasteiger partial charge in [0.25, 0.3) is 5.91 Å². The van der Waals surface area contributed by atoms with Gasteiger partial charge in [0.15, 0.2) is 0 Å². The second-order valence-electron chi connectivity index (χ2n) is 8.77. The molecule has 2 saturated heterocycles. The third-order valence-corrected chi connectivity index (χ3v) is 6.80. The molecule has 0 N–H and O–H groups in total. The Morgan fingerprint density at radius 1 is 1.18 bits per heavy atom. The highest BCUT2D eigenvalue weighted by Gasteiger charge is 2.54. The van der Waals surface area contributed by atoms with Gasteiger partial charge in [-0.2, -0.15) is 0 Å². The third kappa shape index (κ3) is 3.04. The van der Waals surface area contributed by atoms with Gasteiger partial charge in [0.05, 0.1) is 6.61 Å². The van der Waals surface area contributed by atoms with Crippen LogP contribution in [0.5, 0.6) is 0 Å². The minimum absolute atomic E-state index is 0.0702. The molecule has 2 aromatic rings. The van der Waals surface area contributed by atoms with E-state index in [4.69, 9.17) is 4.74 Å². The van der Waals surface area contributed by atoms with Crippen LogP contribution in [0.1, 0.15) is 36.8 Å². The Hall–Kier alpha value is -2.20. The molecule has 3 nitrogen and oxygen atoms in total. The number of halogens is 1. The molecule has 2 atom stereocenters. The van der Waals surface area contributed by atoms with Gasteiger partial charge in [0.1, 0.15) is 11.9 Å². The molecule has 2 aliphatic heterocycles. The molecule has 2 heterocycles. The fraction of sp³-hybridized carbons (Fsp3) is 0.458. The minimum atomic E-state index is -0.278. The Morgan fingerprint density at radius 2 is 1.93 bits per heavy atom. The lowest BCUT2D eigenvalue weighted by Gasteiger charge is -2.33. The molecule has 4 heteroatoms. The normalized spacial score (nSPS) is 25.0. The van der Waals surface area contributed by atoms with Crippen LogP contribution in [-0.2, 0) is 16.0 Å². The summed E-state index contributed by atoms with van der Waals surface area (Å²) in [5.74, 6) is -0.0451. The predicted molar refractivity (Wildman–Crippen MR) is 106 cm³/mol. The Morgan fingerprint density at radius 3 is 2.61 bits per heavy atom. The second-order valence-corrected chi connectivity index (χ2v) is 8.77. The van der Waals surface area contributed by atoms with E-state index in [0.29, 0.717) is 24.2 Å². The molecule has 0 aromatic heterocycles. The van der Waals surface area contributed by atoms with E-state index in [1.165, 1.54) is 12.8 Å². The molecule has 1 saturated carbocycles. The van der Waals surface area contributed by atoms with Crippen molar-refractivity contribution in [1.82, 2.24) is 4.90 Å². The molecule has 28 heavy (non-hydrogen) atoms. The maximum Gasteiger partial charge on any atom is 0.252 e. The number of likely N-dealkylation sites (tertiary alicyclic amines) is 1. The van der Waals surface area contributed by atoms with Crippen LogP contribution in [0.25, 0.3) is 11.1 Å². The summed E-state index contributed by atoms with van der Waals surface area (Å²) in [6.07, 6.45) is 4.46.